The molecule has 0 aliphatic heterocycles. The highest BCUT2D eigenvalue weighted by Crippen LogP contribution is 2.32. The highest BCUT2D eigenvalue weighted by molar-refractivity contribution is 5.79. The van der Waals surface area contributed by atoms with Crippen molar-refractivity contribution in [2.45, 2.75) is 51.7 Å². The van der Waals surface area contributed by atoms with Crippen molar-refractivity contribution in [1.82, 2.24) is 34.3 Å². The fourth-order valence-electron chi connectivity index (χ4n) is 4.15. The molecule has 0 bridgehead atoms. The molecule has 9 heteroatoms. The summed E-state index contributed by atoms with van der Waals surface area (Å²) in [6, 6.07) is 2.27. The van der Waals surface area contributed by atoms with Crippen LogP contribution in [0.1, 0.15) is 43.0 Å². The average molecular weight is 392 g/mol. The lowest BCUT2D eigenvalue weighted by Gasteiger charge is -2.28. The quantitative estimate of drug-likeness (QED) is 0.569. The molecule has 4 aromatic rings. The van der Waals surface area contributed by atoms with E-state index in [1.54, 1.807) is 18.0 Å². The molecular formula is C20H24N8O. The van der Waals surface area contributed by atoms with E-state index in [4.69, 9.17) is 14.8 Å². The van der Waals surface area contributed by atoms with Crippen LogP contribution in [0.5, 0.6) is 0 Å². The summed E-state index contributed by atoms with van der Waals surface area (Å²) < 4.78 is 9.40. The highest BCUT2D eigenvalue weighted by atomic mass is 16.5. The van der Waals surface area contributed by atoms with Gasteiger partial charge in [0, 0.05) is 13.3 Å². The van der Waals surface area contributed by atoms with Gasteiger partial charge in [-0.2, -0.15) is 15.2 Å². The van der Waals surface area contributed by atoms with E-state index in [2.05, 4.69) is 25.1 Å². The van der Waals surface area contributed by atoms with Crippen LogP contribution in [-0.4, -0.2) is 47.6 Å². The van der Waals surface area contributed by atoms with Crippen molar-refractivity contribution in [1.29, 1.82) is 0 Å². The largest absolute Gasteiger partial charge is 0.381 e. The van der Waals surface area contributed by atoms with Crippen molar-refractivity contribution in [2.75, 3.05) is 12.4 Å². The van der Waals surface area contributed by atoms with E-state index in [0.717, 1.165) is 59.3 Å². The maximum atomic E-state index is 5.61. The van der Waals surface area contributed by atoms with Gasteiger partial charge in [-0.15, -0.1) is 0 Å². The normalized spacial score (nSPS) is 19.8. The first-order chi connectivity index (χ1) is 14.1. The fraction of sp³-hybridized carbons (Fsp3) is 0.450. The number of aromatic nitrogens is 7. The number of hydrogen-bond donors (Lipinski definition) is 1. The van der Waals surface area contributed by atoms with Crippen LogP contribution in [0.4, 0.5) is 11.6 Å². The van der Waals surface area contributed by atoms with Gasteiger partial charge >= 0.3 is 0 Å². The molecule has 150 valence electrons. The second kappa shape index (κ2) is 7.07. The molecule has 4 heterocycles. The van der Waals surface area contributed by atoms with E-state index in [-0.39, 0.29) is 6.10 Å². The molecule has 0 spiro atoms. The third-order valence-electron chi connectivity index (χ3n) is 5.78. The number of fused-ring (bicyclic) bond motifs is 2. The zero-order chi connectivity index (χ0) is 20.0. The number of rotatable bonds is 4. The lowest BCUT2D eigenvalue weighted by molar-refractivity contribution is 0.0515. The minimum absolute atomic E-state index is 0.282. The lowest BCUT2D eigenvalue weighted by atomic mass is 9.93. The second-order valence-electron chi connectivity index (χ2n) is 7.70. The number of aryl methyl sites for hydroxylation is 2. The van der Waals surface area contributed by atoms with E-state index in [9.17, 15) is 0 Å². The van der Waals surface area contributed by atoms with Crippen LogP contribution in [0.15, 0.2) is 24.8 Å². The Morgan fingerprint density at radius 1 is 1.21 bits per heavy atom. The summed E-state index contributed by atoms with van der Waals surface area (Å²) in [6.07, 6.45) is 9.87. The molecule has 1 aliphatic rings. The van der Waals surface area contributed by atoms with Gasteiger partial charge in [0.05, 0.1) is 35.1 Å². The maximum absolute atomic E-state index is 5.61. The van der Waals surface area contributed by atoms with Crippen LogP contribution < -0.4 is 5.32 Å². The summed E-state index contributed by atoms with van der Waals surface area (Å²) in [5.74, 6) is 0.542. The van der Waals surface area contributed by atoms with Crippen LogP contribution in [0.2, 0.25) is 0 Å². The average Bonchev–Trinajstić information content (AvgIpc) is 3.32. The molecular weight excluding hydrogens is 368 g/mol. The van der Waals surface area contributed by atoms with Crippen LogP contribution in [-0.2, 0) is 4.74 Å². The van der Waals surface area contributed by atoms with Crippen molar-refractivity contribution >= 4 is 28.3 Å². The summed E-state index contributed by atoms with van der Waals surface area (Å²) in [6.45, 7) is 4.03. The zero-order valence-corrected chi connectivity index (χ0v) is 16.8. The number of ether oxygens (including phenoxy) is 1. The summed E-state index contributed by atoms with van der Waals surface area (Å²) in [5, 5.41) is 13.3. The van der Waals surface area contributed by atoms with E-state index in [0.29, 0.717) is 12.0 Å². The first-order valence-corrected chi connectivity index (χ1v) is 9.94. The molecule has 0 aromatic carbocycles. The first kappa shape index (κ1) is 18.0. The third-order valence-corrected chi connectivity index (χ3v) is 5.78. The standard InChI is InChI=1S/C20H24N8O/c1-12-7-18-22-11-23-27(18)10-17(12)24-20-21-9-16-13(2)26-28(19(16)25-20)14-5-4-6-15(8-14)29-3/h7,9-11,14-15H,4-6,8H2,1-3H3,(H,21,24,25). The van der Waals surface area contributed by atoms with Gasteiger partial charge in [-0.3, -0.25) is 0 Å². The van der Waals surface area contributed by atoms with Gasteiger partial charge in [-0.1, -0.05) is 0 Å². The van der Waals surface area contributed by atoms with E-state index < -0.39 is 0 Å². The molecule has 29 heavy (non-hydrogen) atoms. The minimum atomic E-state index is 0.282. The molecule has 0 radical (unpaired) electrons. The Labute approximate surface area is 168 Å². The smallest absolute Gasteiger partial charge is 0.229 e. The number of nitrogens with one attached hydrogen (secondary N) is 1. The molecule has 1 saturated carbocycles. The van der Waals surface area contributed by atoms with Crippen LogP contribution in [0.3, 0.4) is 0 Å². The highest BCUT2D eigenvalue weighted by Gasteiger charge is 2.26. The molecule has 1 fully saturated rings. The Morgan fingerprint density at radius 3 is 2.97 bits per heavy atom. The van der Waals surface area contributed by atoms with Crippen molar-refractivity contribution in [3.05, 3.63) is 36.0 Å². The molecule has 5 rings (SSSR count). The van der Waals surface area contributed by atoms with Gasteiger partial charge in [0.1, 0.15) is 6.33 Å². The summed E-state index contributed by atoms with van der Waals surface area (Å²) in [7, 11) is 1.79. The second-order valence-corrected chi connectivity index (χ2v) is 7.70. The predicted octanol–water partition coefficient (Wildman–Crippen LogP) is 3.36. The van der Waals surface area contributed by atoms with Crippen molar-refractivity contribution in [3.63, 3.8) is 0 Å². The van der Waals surface area contributed by atoms with Gasteiger partial charge in [0.15, 0.2) is 11.3 Å². The molecule has 4 aromatic heterocycles. The Balaban J connectivity index is 1.51. The molecule has 2 atom stereocenters. The third kappa shape index (κ3) is 3.21. The van der Waals surface area contributed by atoms with Crippen molar-refractivity contribution in [2.24, 2.45) is 0 Å². The number of pyridine rings is 1. The minimum Gasteiger partial charge on any atom is -0.381 e. The molecule has 2 unspecified atom stereocenters. The van der Waals surface area contributed by atoms with Crippen LogP contribution in [0, 0.1) is 13.8 Å². The molecule has 0 amide bonds. The number of anilines is 2. The topological polar surface area (TPSA) is 95.0 Å². The molecule has 1 aliphatic carbocycles. The Hall–Kier alpha value is -3.07. The van der Waals surface area contributed by atoms with Gasteiger partial charge in [-0.25, -0.2) is 19.2 Å². The number of methoxy groups -OCH3 is 1. The van der Waals surface area contributed by atoms with Crippen molar-refractivity contribution in [3.8, 4) is 0 Å². The van der Waals surface area contributed by atoms with Crippen LogP contribution >= 0.6 is 0 Å². The van der Waals surface area contributed by atoms with Crippen LogP contribution in [0.25, 0.3) is 16.7 Å². The Kier molecular flexibility index (Phi) is 4.39. The lowest BCUT2D eigenvalue weighted by Crippen LogP contribution is -2.25. The van der Waals surface area contributed by atoms with E-state index in [1.807, 2.05) is 32.3 Å². The monoisotopic (exact) mass is 392 g/mol. The summed E-state index contributed by atoms with van der Waals surface area (Å²) >= 11 is 0. The fourth-order valence-corrected chi connectivity index (χ4v) is 4.15. The van der Waals surface area contributed by atoms with E-state index in [1.165, 1.54) is 0 Å². The van der Waals surface area contributed by atoms with Gasteiger partial charge < -0.3 is 10.1 Å². The first-order valence-electron chi connectivity index (χ1n) is 9.94. The molecule has 9 nitrogen and oxygen atoms in total. The number of nitrogens with zero attached hydrogens (tertiary/aromatic N) is 7. The molecule has 1 N–H and O–H groups in total. The zero-order valence-electron chi connectivity index (χ0n) is 16.8. The summed E-state index contributed by atoms with van der Waals surface area (Å²) in [5.41, 5.74) is 4.56. The summed E-state index contributed by atoms with van der Waals surface area (Å²) in [4.78, 5) is 13.6. The van der Waals surface area contributed by atoms with Gasteiger partial charge in [0.2, 0.25) is 5.95 Å². The Morgan fingerprint density at radius 2 is 2.10 bits per heavy atom. The Bertz CT molecular complexity index is 1180. The predicted molar refractivity (Wildman–Crippen MR) is 109 cm³/mol. The SMILES string of the molecule is COC1CCCC(n2nc(C)c3cnc(Nc4cn5ncnc5cc4C)nc32)C1. The van der Waals surface area contributed by atoms with E-state index >= 15 is 0 Å². The van der Waals surface area contributed by atoms with Crippen molar-refractivity contribution < 1.29 is 4.74 Å². The number of hydrogen-bond acceptors (Lipinski definition) is 7. The maximum Gasteiger partial charge on any atom is 0.229 e. The van der Waals surface area contributed by atoms with Gasteiger partial charge in [0.25, 0.3) is 0 Å². The molecule has 0 saturated heterocycles. The van der Waals surface area contributed by atoms with Gasteiger partial charge in [-0.05, 0) is 51.2 Å².